The van der Waals surface area contributed by atoms with Gasteiger partial charge in [0.15, 0.2) is 5.41 Å². The Morgan fingerprint density at radius 2 is 1.78 bits per heavy atom. The Labute approximate surface area is 158 Å². The van der Waals surface area contributed by atoms with Gasteiger partial charge in [-0.05, 0) is 37.2 Å². The smallest absolute Gasteiger partial charge is 0.190 e. The van der Waals surface area contributed by atoms with Crippen LogP contribution >= 0.6 is 0 Å². The van der Waals surface area contributed by atoms with Crippen LogP contribution in [0.15, 0.2) is 35.9 Å². The molecule has 0 amide bonds. The summed E-state index contributed by atoms with van der Waals surface area (Å²) in [6, 6.07) is 12.1. The Morgan fingerprint density at radius 3 is 2.30 bits per heavy atom. The van der Waals surface area contributed by atoms with Gasteiger partial charge >= 0.3 is 0 Å². The van der Waals surface area contributed by atoms with Gasteiger partial charge in [-0.3, -0.25) is 4.90 Å². The molecular weight excluding hydrogens is 341 g/mol. The number of fused-ring (bicyclic) bond motifs is 1. The van der Waals surface area contributed by atoms with E-state index in [0.29, 0.717) is 12.1 Å². The summed E-state index contributed by atoms with van der Waals surface area (Å²) >= 11 is 0. The SMILES string of the molecule is C[C@H]1C=C2[C@H](C#N)C(=N)C(C#N)(C#N)[C@@H](c3ccc(F)cc3)[C@]2(C)CN1C. The molecule has 1 saturated carbocycles. The number of nitrogens with zero attached hydrogens (tertiary/aromatic N) is 4. The highest BCUT2D eigenvalue weighted by atomic mass is 19.1. The van der Waals surface area contributed by atoms with Crippen LogP contribution < -0.4 is 0 Å². The Bertz CT molecular complexity index is 929. The summed E-state index contributed by atoms with van der Waals surface area (Å²) in [5.41, 5.74) is -1.29. The highest BCUT2D eigenvalue weighted by Crippen LogP contribution is 2.60. The molecule has 3 rings (SSSR count). The highest BCUT2D eigenvalue weighted by Gasteiger charge is 2.63. The molecule has 0 spiro atoms. The molecule has 6 heteroatoms. The predicted octanol–water partition coefficient (Wildman–Crippen LogP) is 3.38. The largest absolute Gasteiger partial charge is 0.305 e. The molecule has 0 aromatic heterocycles. The first-order chi connectivity index (χ1) is 12.7. The molecule has 0 unspecified atom stereocenters. The standard InChI is InChI=1S/C21H20FN5/c1-13-8-17-16(9-23)19(26)21(10-24,11-25)18(20(17,2)12-27(13)3)14-4-6-15(22)7-5-14/h4-8,13,16,18,26H,12H2,1-3H3/t13-,16-,18-,20+/m0/s1. The third-order valence-electron chi connectivity index (χ3n) is 6.13. The number of nitriles is 3. The second kappa shape index (κ2) is 6.31. The monoisotopic (exact) mass is 361 g/mol. The molecule has 27 heavy (non-hydrogen) atoms. The lowest BCUT2D eigenvalue weighted by Crippen LogP contribution is -2.58. The van der Waals surface area contributed by atoms with Crippen molar-refractivity contribution in [3.8, 4) is 18.2 Å². The Hall–Kier alpha value is -3.01. The minimum Gasteiger partial charge on any atom is -0.305 e. The van der Waals surface area contributed by atoms with Crippen LogP contribution in [0.5, 0.6) is 0 Å². The predicted molar refractivity (Wildman–Crippen MR) is 97.9 cm³/mol. The molecule has 2 aliphatic rings. The van der Waals surface area contributed by atoms with Gasteiger partial charge in [0, 0.05) is 23.9 Å². The summed E-state index contributed by atoms with van der Waals surface area (Å²) in [7, 11) is 1.95. The van der Waals surface area contributed by atoms with Gasteiger partial charge in [-0.2, -0.15) is 15.8 Å². The number of halogens is 1. The minimum absolute atomic E-state index is 0.0715. The first-order valence-corrected chi connectivity index (χ1v) is 8.74. The van der Waals surface area contributed by atoms with Crippen molar-refractivity contribution >= 4 is 5.71 Å². The lowest BCUT2D eigenvalue weighted by Gasteiger charge is -2.55. The lowest BCUT2D eigenvalue weighted by atomic mass is 9.48. The summed E-state index contributed by atoms with van der Waals surface area (Å²) in [5, 5.41) is 38.4. The van der Waals surface area contributed by atoms with Crippen molar-refractivity contribution in [2.75, 3.05) is 13.6 Å². The Morgan fingerprint density at radius 1 is 1.19 bits per heavy atom. The molecule has 1 heterocycles. The van der Waals surface area contributed by atoms with Crippen molar-refractivity contribution in [1.82, 2.24) is 4.90 Å². The van der Waals surface area contributed by atoms with Crippen LogP contribution in [-0.2, 0) is 0 Å². The van der Waals surface area contributed by atoms with Gasteiger partial charge in [-0.1, -0.05) is 25.1 Å². The van der Waals surface area contributed by atoms with E-state index in [1.165, 1.54) is 12.1 Å². The van der Waals surface area contributed by atoms with Crippen LogP contribution in [0.4, 0.5) is 4.39 Å². The maximum Gasteiger partial charge on any atom is 0.190 e. The van der Waals surface area contributed by atoms with Gasteiger partial charge in [0.2, 0.25) is 0 Å². The van der Waals surface area contributed by atoms with Crippen LogP contribution in [0.25, 0.3) is 0 Å². The average molecular weight is 361 g/mol. The third-order valence-corrected chi connectivity index (χ3v) is 6.13. The molecule has 1 aromatic carbocycles. The summed E-state index contributed by atoms with van der Waals surface area (Å²) in [4.78, 5) is 2.10. The second-order valence-electron chi connectivity index (χ2n) is 7.69. The van der Waals surface area contributed by atoms with Crippen molar-refractivity contribution in [2.45, 2.75) is 25.8 Å². The fraction of sp³-hybridized carbons (Fsp3) is 0.429. The third kappa shape index (κ3) is 2.47. The number of benzene rings is 1. The fourth-order valence-corrected chi connectivity index (χ4v) is 4.71. The van der Waals surface area contributed by atoms with Crippen molar-refractivity contribution in [3.05, 3.63) is 47.3 Å². The van der Waals surface area contributed by atoms with Crippen molar-refractivity contribution in [3.63, 3.8) is 0 Å². The molecule has 1 aliphatic carbocycles. The zero-order valence-electron chi connectivity index (χ0n) is 15.5. The summed E-state index contributed by atoms with van der Waals surface area (Å²) < 4.78 is 13.5. The molecular formula is C21H20FN5. The molecule has 0 saturated heterocycles. The number of nitrogens with one attached hydrogen (secondary N) is 1. The fourth-order valence-electron chi connectivity index (χ4n) is 4.71. The van der Waals surface area contributed by atoms with Crippen LogP contribution in [0.3, 0.4) is 0 Å². The van der Waals surface area contributed by atoms with Crippen LogP contribution in [0, 0.1) is 62.0 Å². The first kappa shape index (κ1) is 18.8. The van der Waals surface area contributed by atoms with Crippen molar-refractivity contribution in [1.29, 1.82) is 21.2 Å². The zero-order valence-corrected chi connectivity index (χ0v) is 15.5. The van der Waals surface area contributed by atoms with Gasteiger partial charge in [0.05, 0.1) is 23.9 Å². The molecule has 1 N–H and O–H groups in total. The van der Waals surface area contributed by atoms with Gasteiger partial charge < -0.3 is 5.41 Å². The molecule has 1 aliphatic heterocycles. The molecule has 4 atom stereocenters. The van der Waals surface area contributed by atoms with E-state index < -0.39 is 28.5 Å². The van der Waals surface area contributed by atoms with Crippen molar-refractivity contribution < 1.29 is 4.39 Å². The van der Waals surface area contributed by atoms with E-state index in [1.807, 2.05) is 27.0 Å². The maximum atomic E-state index is 13.5. The molecule has 0 bridgehead atoms. The summed E-state index contributed by atoms with van der Waals surface area (Å²) in [6.45, 7) is 4.47. The number of hydrogen-bond acceptors (Lipinski definition) is 5. The Kier molecular flexibility index (Phi) is 4.38. The first-order valence-electron chi connectivity index (χ1n) is 8.74. The van der Waals surface area contributed by atoms with Gasteiger partial charge in [-0.15, -0.1) is 0 Å². The highest BCUT2D eigenvalue weighted by molar-refractivity contribution is 6.01. The topological polar surface area (TPSA) is 98.5 Å². The van der Waals surface area contributed by atoms with E-state index >= 15 is 0 Å². The van der Waals surface area contributed by atoms with Crippen LogP contribution in [-0.4, -0.2) is 30.2 Å². The van der Waals surface area contributed by atoms with Crippen molar-refractivity contribution in [2.24, 2.45) is 16.7 Å². The molecule has 0 radical (unpaired) electrons. The van der Waals surface area contributed by atoms with E-state index in [0.717, 1.165) is 5.57 Å². The van der Waals surface area contributed by atoms with E-state index in [4.69, 9.17) is 5.41 Å². The van der Waals surface area contributed by atoms with E-state index in [9.17, 15) is 20.2 Å². The number of rotatable bonds is 1. The van der Waals surface area contributed by atoms with Gasteiger partial charge in [0.1, 0.15) is 11.7 Å². The average Bonchev–Trinajstić information content (AvgIpc) is 2.65. The van der Waals surface area contributed by atoms with Crippen LogP contribution in [0.1, 0.15) is 25.3 Å². The lowest BCUT2D eigenvalue weighted by molar-refractivity contribution is 0.119. The molecule has 5 nitrogen and oxygen atoms in total. The maximum absolute atomic E-state index is 13.5. The van der Waals surface area contributed by atoms with E-state index in [-0.39, 0.29) is 11.8 Å². The summed E-state index contributed by atoms with van der Waals surface area (Å²) in [6.07, 6.45) is 1.97. The Balaban J connectivity index is 2.36. The van der Waals surface area contributed by atoms with Gasteiger partial charge in [-0.25, -0.2) is 4.39 Å². The second-order valence-corrected chi connectivity index (χ2v) is 7.69. The number of likely N-dealkylation sites (N-methyl/N-ethyl adjacent to an activating group) is 1. The summed E-state index contributed by atoms with van der Waals surface area (Å²) in [5.74, 6) is -2.00. The molecule has 1 aromatic rings. The molecule has 1 fully saturated rings. The normalized spacial score (nSPS) is 32.4. The zero-order chi connectivity index (χ0) is 20.0. The molecule has 136 valence electrons. The quantitative estimate of drug-likeness (QED) is 0.775. The van der Waals surface area contributed by atoms with Crippen LogP contribution in [0.2, 0.25) is 0 Å². The van der Waals surface area contributed by atoms with E-state index in [1.54, 1.807) is 12.1 Å². The minimum atomic E-state index is -1.79. The van der Waals surface area contributed by atoms with Gasteiger partial charge in [0.25, 0.3) is 0 Å². The number of hydrogen-bond donors (Lipinski definition) is 1. The van der Waals surface area contributed by atoms with E-state index in [2.05, 4.69) is 23.1 Å².